The maximum Gasteiger partial charge on any atom is 0.347 e. The van der Waals surface area contributed by atoms with Crippen molar-refractivity contribution in [3.05, 3.63) is 59.1 Å². The van der Waals surface area contributed by atoms with E-state index in [4.69, 9.17) is 4.52 Å². The van der Waals surface area contributed by atoms with Crippen LogP contribution in [0.15, 0.2) is 58.0 Å². The van der Waals surface area contributed by atoms with Gasteiger partial charge in [0.25, 0.3) is 5.89 Å². The number of benzene rings is 1. The molecule has 0 amide bonds. The van der Waals surface area contributed by atoms with Crippen molar-refractivity contribution < 1.29 is 4.52 Å². The van der Waals surface area contributed by atoms with Crippen LogP contribution in [0.4, 0.5) is 0 Å². The predicted molar refractivity (Wildman–Crippen MR) is 74.5 cm³/mol. The van der Waals surface area contributed by atoms with Crippen molar-refractivity contribution in [2.45, 2.75) is 0 Å². The van der Waals surface area contributed by atoms with Gasteiger partial charge in [-0.3, -0.25) is 0 Å². The average Bonchev–Trinajstić information content (AvgIpc) is 3.16. The molecule has 0 radical (unpaired) electrons. The zero-order valence-corrected chi connectivity index (χ0v) is 10.7. The molecular formula is C14H9N5O2. The number of hydrogen-bond acceptors (Lipinski definition) is 5. The smallest absolute Gasteiger partial charge is 0.334 e. The first-order valence-electron chi connectivity index (χ1n) is 6.27. The van der Waals surface area contributed by atoms with E-state index in [1.54, 1.807) is 18.3 Å². The fourth-order valence-corrected chi connectivity index (χ4v) is 2.08. The summed E-state index contributed by atoms with van der Waals surface area (Å²) in [5.41, 5.74) is 1.75. The van der Waals surface area contributed by atoms with Gasteiger partial charge in [0.1, 0.15) is 0 Å². The summed E-state index contributed by atoms with van der Waals surface area (Å²) in [6, 6.07) is 13.0. The van der Waals surface area contributed by atoms with E-state index in [0.717, 1.165) is 5.56 Å². The Labute approximate surface area is 117 Å². The molecule has 0 unspecified atom stereocenters. The van der Waals surface area contributed by atoms with Gasteiger partial charge in [0.15, 0.2) is 5.65 Å². The van der Waals surface area contributed by atoms with Gasteiger partial charge in [0, 0.05) is 11.8 Å². The van der Waals surface area contributed by atoms with E-state index in [1.807, 2.05) is 30.3 Å². The van der Waals surface area contributed by atoms with Crippen LogP contribution >= 0.6 is 0 Å². The highest BCUT2D eigenvalue weighted by molar-refractivity contribution is 5.60. The first-order chi connectivity index (χ1) is 10.3. The van der Waals surface area contributed by atoms with Gasteiger partial charge in [-0.1, -0.05) is 35.5 Å². The molecule has 4 aromatic rings. The summed E-state index contributed by atoms with van der Waals surface area (Å²) < 4.78 is 6.65. The maximum absolute atomic E-state index is 11.6. The molecule has 7 nitrogen and oxygen atoms in total. The lowest BCUT2D eigenvalue weighted by atomic mass is 10.2. The number of nitrogens with zero attached hydrogens (tertiary/aromatic N) is 4. The van der Waals surface area contributed by atoms with E-state index in [2.05, 4.69) is 20.3 Å². The third-order valence-electron chi connectivity index (χ3n) is 3.12. The quantitative estimate of drug-likeness (QED) is 0.603. The van der Waals surface area contributed by atoms with Crippen LogP contribution in [0, 0.1) is 0 Å². The Bertz CT molecular complexity index is 968. The number of nitrogens with one attached hydrogen (secondary N) is 1. The van der Waals surface area contributed by atoms with Crippen molar-refractivity contribution in [2.75, 3.05) is 0 Å². The Morgan fingerprint density at radius 3 is 2.76 bits per heavy atom. The zero-order chi connectivity index (χ0) is 14.2. The molecule has 0 saturated heterocycles. The monoisotopic (exact) mass is 279 g/mol. The standard InChI is InChI=1S/C14H9N5O2/c20-14-17-16-11-7-6-10(8-19(11)14)13-15-12(18-21-13)9-4-2-1-3-5-9/h1-8H,(H,17,20). The van der Waals surface area contributed by atoms with Crippen molar-refractivity contribution in [3.63, 3.8) is 0 Å². The van der Waals surface area contributed by atoms with Gasteiger partial charge >= 0.3 is 5.69 Å². The molecule has 0 aliphatic carbocycles. The fraction of sp³-hybridized carbons (Fsp3) is 0. The minimum absolute atomic E-state index is 0.311. The van der Waals surface area contributed by atoms with Crippen molar-refractivity contribution in [1.29, 1.82) is 0 Å². The summed E-state index contributed by atoms with van der Waals surface area (Å²) in [7, 11) is 0. The molecule has 0 aliphatic heterocycles. The minimum Gasteiger partial charge on any atom is -0.334 e. The minimum atomic E-state index is -0.311. The number of aromatic amines is 1. The number of rotatable bonds is 2. The Kier molecular flexibility index (Phi) is 2.43. The second-order valence-corrected chi connectivity index (χ2v) is 4.46. The van der Waals surface area contributed by atoms with Crippen molar-refractivity contribution in [3.8, 4) is 22.8 Å². The summed E-state index contributed by atoms with van der Waals surface area (Å²) in [5.74, 6) is 0.856. The van der Waals surface area contributed by atoms with Crippen LogP contribution in [0.5, 0.6) is 0 Å². The summed E-state index contributed by atoms with van der Waals surface area (Å²) in [5, 5.41) is 10.2. The number of hydrogen-bond donors (Lipinski definition) is 1. The molecule has 1 aromatic carbocycles. The molecule has 0 bridgehead atoms. The predicted octanol–water partition coefficient (Wildman–Crippen LogP) is 1.74. The molecule has 3 heterocycles. The van der Waals surface area contributed by atoms with Crippen LogP contribution in [-0.2, 0) is 0 Å². The van der Waals surface area contributed by atoms with E-state index in [9.17, 15) is 4.79 Å². The zero-order valence-electron chi connectivity index (χ0n) is 10.7. The third-order valence-corrected chi connectivity index (χ3v) is 3.12. The summed E-state index contributed by atoms with van der Waals surface area (Å²) in [6.07, 6.45) is 1.61. The largest absolute Gasteiger partial charge is 0.347 e. The summed E-state index contributed by atoms with van der Waals surface area (Å²) in [6.45, 7) is 0. The van der Waals surface area contributed by atoms with E-state index in [1.165, 1.54) is 4.40 Å². The van der Waals surface area contributed by atoms with Crippen molar-refractivity contribution in [1.82, 2.24) is 24.7 Å². The molecule has 1 N–H and O–H groups in total. The van der Waals surface area contributed by atoms with Gasteiger partial charge in [0.05, 0.1) is 5.56 Å². The molecule has 0 saturated carbocycles. The lowest BCUT2D eigenvalue weighted by molar-refractivity contribution is 0.432. The molecule has 21 heavy (non-hydrogen) atoms. The molecule has 102 valence electrons. The molecule has 0 spiro atoms. The summed E-state index contributed by atoms with van der Waals surface area (Å²) >= 11 is 0. The van der Waals surface area contributed by atoms with E-state index in [0.29, 0.717) is 22.9 Å². The van der Waals surface area contributed by atoms with Crippen molar-refractivity contribution in [2.24, 2.45) is 0 Å². The first kappa shape index (κ1) is 11.6. The van der Waals surface area contributed by atoms with Gasteiger partial charge in [-0.2, -0.15) is 10.1 Å². The second-order valence-electron chi connectivity index (χ2n) is 4.46. The number of H-pyrrole nitrogens is 1. The number of aromatic nitrogens is 5. The average molecular weight is 279 g/mol. The first-order valence-corrected chi connectivity index (χ1v) is 6.27. The van der Waals surface area contributed by atoms with Crippen LogP contribution in [0.1, 0.15) is 0 Å². The highest BCUT2D eigenvalue weighted by atomic mass is 16.5. The maximum atomic E-state index is 11.6. The molecule has 3 aromatic heterocycles. The van der Waals surface area contributed by atoms with Gasteiger partial charge in [0.2, 0.25) is 5.82 Å². The topological polar surface area (TPSA) is 89.1 Å². The molecule has 7 heteroatoms. The third kappa shape index (κ3) is 1.91. The molecular weight excluding hydrogens is 270 g/mol. The van der Waals surface area contributed by atoms with E-state index in [-0.39, 0.29) is 5.69 Å². The SMILES string of the molecule is O=c1[nH]nc2ccc(-c3nc(-c4ccccc4)no3)cn12. The Morgan fingerprint density at radius 1 is 1.05 bits per heavy atom. The summed E-state index contributed by atoms with van der Waals surface area (Å²) in [4.78, 5) is 15.9. The fourth-order valence-electron chi connectivity index (χ4n) is 2.08. The highest BCUT2D eigenvalue weighted by Crippen LogP contribution is 2.21. The van der Waals surface area contributed by atoms with Gasteiger partial charge < -0.3 is 4.52 Å². The van der Waals surface area contributed by atoms with Gasteiger partial charge in [-0.25, -0.2) is 14.3 Å². The molecule has 0 fully saturated rings. The number of fused-ring (bicyclic) bond motifs is 1. The number of pyridine rings is 1. The Balaban J connectivity index is 1.80. The van der Waals surface area contributed by atoms with Gasteiger partial charge in [-0.15, -0.1) is 0 Å². The van der Waals surface area contributed by atoms with Crippen molar-refractivity contribution >= 4 is 5.65 Å². The lowest BCUT2D eigenvalue weighted by Crippen LogP contribution is -2.08. The lowest BCUT2D eigenvalue weighted by Gasteiger charge is -1.95. The van der Waals surface area contributed by atoms with E-state index >= 15 is 0 Å². The molecule has 0 atom stereocenters. The van der Waals surface area contributed by atoms with Crippen LogP contribution < -0.4 is 5.69 Å². The van der Waals surface area contributed by atoms with E-state index < -0.39 is 0 Å². The van der Waals surface area contributed by atoms with Crippen LogP contribution in [0.25, 0.3) is 28.5 Å². The van der Waals surface area contributed by atoms with Gasteiger partial charge in [-0.05, 0) is 12.1 Å². The Morgan fingerprint density at radius 2 is 1.90 bits per heavy atom. The molecule has 4 rings (SSSR count). The van der Waals surface area contributed by atoms with Crippen LogP contribution in [0.2, 0.25) is 0 Å². The normalized spacial score (nSPS) is 11.0. The molecule has 0 aliphatic rings. The van der Waals surface area contributed by atoms with Crippen LogP contribution in [-0.4, -0.2) is 24.7 Å². The highest BCUT2D eigenvalue weighted by Gasteiger charge is 2.11. The Hall–Kier alpha value is -3.22. The second kappa shape index (κ2) is 4.41. The van der Waals surface area contributed by atoms with Crippen LogP contribution in [0.3, 0.4) is 0 Å².